The van der Waals surface area contributed by atoms with Crippen LogP contribution in [0, 0.1) is 24.0 Å². The average molecular weight is 232 g/mol. The number of hydrogen-bond acceptors (Lipinski definition) is 5. The van der Waals surface area contributed by atoms with E-state index in [0.717, 1.165) is 16.5 Å². The second-order valence-electron chi connectivity index (χ2n) is 3.89. The molecule has 0 fully saturated rings. The lowest BCUT2D eigenvalue weighted by Gasteiger charge is -2.08. The summed E-state index contributed by atoms with van der Waals surface area (Å²) in [6, 6.07) is 4.85. The fourth-order valence-electron chi connectivity index (χ4n) is 1.80. The number of fused-ring (bicyclic) bond motifs is 1. The molecule has 0 radical (unpaired) electrons. The lowest BCUT2D eigenvalue weighted by Crippen LogP contribution is -2.10. The van der Waals surface area contributed by atoms with Crippen molar-refractivity contribution in [2.75, 3.05) is 5.43 Å². The lowest BCUT2D eigenvalue weighted by molar-refractivity contribution is -0.384. The molecule has 2 rings (SSSR count). The highest BCUT2D eigenvalue weighted by Crippen LogP contribution is 2.26. The summed E-state index contributed by atoms with van der Waals surface area (Å²) in [5.74, 6) is 5.93. The predicted molar refractivity (Wildman–Crippen MR) is 65.7 cm³/mol. The molecule has 0 bridgehead atoms. The smallest absolute Gasteiger partial charge is 0.270 e. The minimum Gasteiger partial charge on any atom is -0.308 e. The number of nitrogens with one attached hydrogen (secondary N) is 1. The zero-order valence-corrected chi connectivity index (χ0v) is 9.52. The van der Waals surface area contributed by atoms with Crippen LogP contribution in [-0.2, 0) is 0 Å². The molecule has 1 heterocycles. The molecule has 0 spiro atoms. The quantitative estimate of drug-likeness (QED) is 0.469. The molecule has 17 heavy (non-hydrogen) atoms. The number of nitro groups is 1. The molecule has 3 N–H and O–H groups in total. The molecule has 0 amide bonds. The van der Waals surface area contributed by atoms with Crippen molar-refractivity contribution in [2.45, 2.75) is 13.8 Å². The third-order valence-electron chi connectivity index (χ3n) is 2.63. The van der Waals surface area contributed by atoms with E-state index in [1.165, 1.54) is 12.1 Å². The predicted octanol–water partition coefficient (Wildman–Crippen LogP) is 2.05. The zero-order chi connectivity index (χ0) is 12.6. The fourth-order valence-corrected chi connectivity index (χ4v) is 1.80. The Morgan fingerprint density at radius 3 is 2.59 bits per heavy atom. The molecular weight excluding hydrogens is 220 g/mol. The van der Waals surface area contributed by atoms with Gasteiger partial charge in [-0.25, -0.2) is 10.8 Å². The Morgan fingerprint density at radius 1 is 1.29 bits per heavy atom. The summed E-state index contributed by atoms with van der Waals surface area (Å²) < 4.78 is 0. The molecule has 0 saturated heterocycles. The van der Waals surface area contributed by atoms with Gasteiger partial charge in [0.05, 0.1) is 10.4 Å². The number of aryl methyl sites for hydroxylation is 2. The molecule has 0 aliphatic rings. The molecular formula is C11H12N4O2. The van der Waals surface area contributed by atoms with E-state index in [-0.39, 0.29) is 5.69 Å². The molecule has 88 valence electrons. The molecule has 0 aliphatic heterocycles. The second kappa shape index (κ2) is 3.99. The summed E-state index contributed by atoms with van der Waals surface area (Å²) in [4.78, 5) is 14.7. The van der Waals surface area contributed by atoms with Crippen LogP contribution in [0.25, 0.3) is 10.9 Å². The average Bonchev–Trinajstić information content (AvgIpc) is 2.27. The second-order valence-corrected chi connectivity index (χ2v) is 3.89. The molecule has 1 aromatic heterocycles. The molecule has 0 saturated carbocycles. The Labute approximate surface area is 97.6 Å². The first-order valence-electron chi connectivity index (χ1n) is 5.06. The zero-order valence-electron chi connectivity index (χ0n) is 9.52. The molecule has 2 aromatic rings. The van der Waals surface area contributed by atoms with Crippen LogP contribution in [0.4, 0.5) is 11.5 Å². The van der Waals surface area contributed by atoms with Crippen molar-refractivity contribution in [3.05, 3.63) is 39.4 Å². The highest BCUT2D eigenvalue weighted by molar-refractivity contribution is 5.86. The van der Waals surface area contributed by atoms with Crippen molar-refractivity contribution in [2.24, 2.45) is 5.84 Å². The Morgan fingerprint density at radius 2 is 2.00 bits per heavy atom. The fraction of sp³-hybridized carbons (Fsp3) is 0.182. The van der Waals surface area contributed by atoms with Gasteiger partial charge in [0.15, 0.2) is 0 Å². The molecule has 6 nitrogen and oxygen atoms in total. The van der Waals surface area contributed by atoms with Gasteiger partial charge in [-0.3, -0.25) is 10.1 Å². The molecule has 0 aliphatic carbocycles. The number of anilines is 1. The van der Waals surface area contributed by atoms with Crippen molar-refractivity contribution in [1.29, 1.82) is 0 Å². The highest BCUT2D eigenvalue weighted by atomic mass is 16.6. The van der Waals surface area contributed by atoms with Crippen molar-refractivity contribution in [1.82, 2.24) is 4.98 Å². The van der Waals surface area contributed by atoms with Gasteiger partial charge in [-0.15, -0.1) is 0 Å². The van der Waals surface area contributed by atoms with E-state index in [2.05, 4.69) is 10.4 Å². The number of aromatic nitrogens is 1. The first-order valence-corrected chi connectivity index (χ1v) is 5.06. The minimum atomic E-state index is -0.406. The Kier molecular flexibility index (Phi) is 2.64. The van der Waals surface area contributed by atoms with Gasteiger partial charge in [0.1, 0.15) is 5.82 Å². The number of nitro benzene ring substituents is 1. The van der Waals surface area contributed by atoms with Crippen molar-refractivity contribution < 1.29 is 4.92 Å². The number of hydrogen-bond donors (Lipinski definition) is 2. The molecule has 6 heteroatoms. The van der Waals surface area contributed by atoms with Gasteiger partial charge in [0.25, 0.3) is 5.69 Å². The van der Waals surface area contributed by atoms with Gasteiger partial charge in [0, 0.05) is 17.5 Å². The molecule has 0 atom stereocenters. The van der Waals surface area contributed by atoms with Crippen LogP contribution in [-0.4, -0.2) is 9.91 Å². The van der Waals surface area contributed by atoms with Crippen LogP contribution in [0.3, 0.4) is 0 Å². The standard InChI is InChI=1S/C11H12N4O2/c1-6-4-9(15(16)17)5-8-3-7(2)11(14-12)13-10(6)8/h3-5H,12H2,1-2H3,(H,13,14). The van der Waals surface area contributed by atoms with Crippen molar-refractivity contribution >= 4 is 22.4 Å². The number of benzene rings is 1. The SMILES string of the molecule is Cc1cc2cc([N+](=O)[O-])cc(C)c2nc1NN. The maximum atomic E-state index is 10.8. The Hall–Kier alpha value is -2.21. The van der Waals surface area contributed by atoms with Crippen LogP contribution in [0.2, 0.25) is 0 Å². The maximum Gasteiger partial charge on any atom is 0.270 e. The monoisotopic (exact) mass is 232 g/mol. The number of hydrazine groups is 1. The van der Waals surface area contributed by atoms with E-state index in [0.29, 0.717) is 11.3 Å². The molecule has 0 unspecified atom stereocenters. The van der Waals surface area contributed by atoms with E-state index >= 15 is 0 Å². The minimum absolute atomic E-state index is 0.0738. The summed E-state index contributed by atoms with van der Waals surface area (Å²) in [7, 11) is 0. The maximum absolute atomic E-state index is 10.8. The van der Waals surface area contributed by atoms with Gasteiger partial charge in [-0.05, 0) is 31.0 Å². The van der Waals surface area contributed by atoms with E-state index in [1.807, 2.05) is 13.0 Å². The van der Waals surface area contributed by atoms with Crippen molar-refractivity contribution in [3.8, 4) is 0 Å². The number of non-ortho nitro benzene ring substituents is 1. The van der Waals surface area contributed by atoms with Gasteiger partial charge in [0.2, 0.25) is 0 Å². The van der Waals surface area contributed by atoms with E-state index in [9.17, 15) is 10.1 Å². The van der Waals surface area contributed by atoms with Crippen LogP contribution in [0.1, 0.15) is 11.1 Å². The summed E-state index contributed by atoms with van der Waals surface area (Å²) in [6.07, 6.45) is 0. The number of rotatable bonds is 2. The van der Waals surface area contributed by atoms with Crippen LogP contribution in [0.15, 0.2) is 18.2 Å². The Bertz CT molecular complexity index is 610. The first kappa shape index (κ1) is 11.3. The van der Waals surface area contributed by atoms with Gasteiger partial charge >= 0.3 is 0 Å². The van der Waals surface area contributed by atoms with Crippen molar-refractivity contribution in [3.63, 3.8) is 0 Å². The Balaban J connectivity index is 2.77. The van der Waals surface area contributed by atoms with Gasteiger partial charge in [-0.1, -0.05) is 0 Å². The molecule has 1 aromatic carbocycles. The number of nitrogens with zero attached hydrogens (tertiary/aromatic N) is 2. The topological polar surface area (TPSA) is 94.1 Å². The van der Waals surface area contributed by atoms with Gasteiger partial charge < -0.3 is 5.43 Å². The first-order chi connectivity index (χ1) is 8.02. The summed E-state index contributed by atoms with van der Waals surface area (Å²) in [6.45, 7) is 3.63. The van der Waals surface area contributed by atoms with Crippen LogP contribution < -0.4 is 11.3 Å². The third-order valence-corrected chi connectivity index (χ3v) is 2.63. The normalized spacial score (nSPS) is 10.5. The highest BCUT2D eigenvalue weighted by Gasteiger charge is 2.11. The number of pyridine rings is 1. The third kappa shape index (κ3) is 1.90. The number of nitrogen functional groups attached to an aromatic ring is 1. The summed E-state index contributed by atoms with van der Waals surface area (Å²) in [5, 5.41) is 11.5. The van der Waals surface area contributed by atoms with E-state index in [4.69, 9.17) is 5.84 Å². The number of nitrogens with two attached hydrogens (primary N) is 1. The van der Waals surface area contributed by atoms with E-state index < -0.39 is 4.92 Å². The van der Waals surface area contributed by atoms with Gasteiger partial charge in [-0.2, -0.15) is 0 Å². The van der Waals surface area contributed by atoms with Crippen LogP contribution >= 0.6 is 0 Å². The van der Waals surface area contributed by atoms with E-state index in [1.54, 1.807) is 6.92 Å². The van der Waals surface area contributed by atoms with Crippen LogP contribution in [0.5, 0.6) is 0 Å². The lowest BCUT2D eigenvalue weighted by atomic mass is 10.1. The largest absolute Gasteiger partial charge is 0.308 e. The summed E-state index contributed by atoms with van der Waals surface area (Å²) in [5.41, 5.74) is 4.90. The summed E-state index contributed by atoms with van der Waals surface area (Å²) >= 11 is 0.